The van der Waals surface area contributed by atoms with Crippen LogP contribution in [0.5, 0.6) is 11.5 Å². The third-order valence-electron chi connectivity index (χ3n) is 9.11. The van der Waals surface area contributed by atoms with Crippen molar-refractivity contribution in [1.29, 1.82) is 0 Å². The van der Waals surface area contributed by atoms with Crippen LogP contribution in [-0.2, 0) is 30.1 Å². The van der Waals surface area contributed by atoms with Gasteiger partial charge in [0.1, 0.15) is 47.6 Å². The van der Waals surface area contributed by atoms with E-state index in [9.17, 15) is 19.5 Å². The molecular formula is C36H54BN3O11. The monoisotopic (exact) mass is 715 g/mol. The van der Waals surface area contributed by atoms with Crippen LogP contribution in [0.15, 0.2) is 17.1 Å². The zero-order valence-electron chi connectivity index (χ0n) is 31.2. The fraction of sp³-hybridized carbons (Fsp3) is 0.722. The van der Waals surface area contributed by atoms with E-state index in [1.54, 1.807) is 39.1 Å². The summed E-state index contributed by atoms with van der Waals surface area (Å²) < 4.78 is 41.0. The van der Waals surface area contributed by atoms with Crippen molar-refractivity contribution < 1.29 is 52.6 Å². The number of esters is 1. The number of hydrogen-bond donors (Lipinski definition) is 1. The third-order valence-corrected chi connectivity index (χ3v) is 9.11. The molecular weight excluding hydrogens is 661 g/mol. The van der Waals surface area contributed by atoms with Crippen LogP contribution in [0, 0.1) is 5.92 Å². The molecule has 1 saturated heterocycles. The second kappa shape index (κ2) is 17.4. The summed E-state index contributed by atoms with van der Waals surface area (Å²) in [4.78, 5) is 46.1. The number of aliphatic hydroxyl groups excluding tert-OH is 1. The Hall–Kier alpha value is -3.40. The maximum Gasteiger partial charge on any atom is 0.412 e. The first-order valence-electron chi connectivity index (χ1n) is 17.7. The number of nitrogens with zero attached hydrogens (tertiary/aromatic N) is 3. The van der Waals surface area contributed by atoms with Gasteiger partial charge in [-0.1, -0.05) is 6.92 Å². The molecule has 0 bridgehead atoms. The zero-order chi connectivity index (χ0) is 37.5. The molecule has 14 nitrogen and oxygen atoms in total. The third kappa shape index (κ3) is 11.3. The summed E-state index contributed by atoms with van der Waals surface area (Å²) in [5, 5.41) is 11.1. The van der Waals surface area contributed by atoms with E-state index in [2.05, 4.69) is 4.99 Å². The largest absolute Gasteiger partial charge is 0.492 e. The second-order valence-corrected chi connectivity index (χ2v) is 14.8. The summed E-state index contributed by atoms with van der Waals surface area (Å²) in [6.07, 6.45) is 1.10. The predicted octanol–water partition coefficient (Wildman–Crippen LogP) is 4.47. The summed E-state index contributed by atoms with van der Waals surface area (Å²) in [6, 6.07) is 3.36. The summed E-state index contributed by atoms with van der Waals surface area (Å²) in [7, 11) is 7.20. The fourth-order valence-corrected chi connectivity index (χ4v) is 6.36. The average Bonchev–Trinajstić information content (AvgIpc) is 3.63. The Morgan fingerprint density at radius 2 is 1.88 bits per heavy atom. The molecule has 3 heterocycles. The molecule has 1 aromatic carbocycles. The predicted molar refractivity (Wildman–Crippen MR) is 188 cm³/mol. The quantitative estimate of drug-likeness (QED) is 0.219. The molecule has 3 aliphatic rings. The van der Waals surface area contributed by atoms with E-state index in [-0.39, 0.29) is 56.4 Å². The molecule has 1 N–H and O–H groups in total. The number of cyclic esters (lactones) is 1. The number of aliphatic hydroxyl groups is 1. The molecule has 15 heteroatoms. The molecule has 2 amide bonds. The minimum absolute atomic E-state index is 0.0369. The zero-order valence-corrected chi connectivity index (χ0v) is 31.2. The first-order valence-corrected chi connectivity index (χ1v) is 17.7. The maximum absolute atomic E-state index is 13.8. The summed E-state index contributed by atoms with van der Waals surface area (Å²) in [6.45, 7) is 13.1. The highest BCUT2D eigenvalue weighted by Crippen LogP contribution is 2.36. The molecule has 0 saturated carbocycles. The topological polar surface area (TPSA) is 155 Å². The van der Waals surface area contributed by atoms with Crippen molar-refractivity contribution in [3.63, 3.8) is 0 Å². The lowest BCUT2D eigenvalue weighted by atomic mass is 9.92. The van der Waals surface area contributed by atoms with Crippen LogP contribution in [0.3, 0.4) is 0 Å². The Morgan fingerprint density at radius 1 is 1.14 bits per heavy atom. The lowest BCUT2D eigenvalue weighted by molar-refractivity contribution is -0.156. The van der Waals surface area contributed by atoms with Crippen molar-refractivity contribution in [2.24, 2.45) is 10.9 Å². The SMILES string of the molecule is [B]C(=O)N(CCOc1cc2c(c(OCOC)c1)C(=O)OC(C)[C@H](C)CCC(O)C1OC(C)(C)OC1CCC2)CC1N=CCN1C(=O)OC(C)(C)C. The van der Waals surface area contributed by atoms with Crippen molar-refractivity contribution in [2.75, 3.05) is 40.1 Å². The molecule has 4 rings (SSSR count). The van der Waals surface area contributed by atoms with Crippen molar-refractivity contribution in [2.45, 2.75) is 123 Å². The van der Waals surface area contributed by atoms with Gasteiger partial charge in [0.05, 0.1) is 31.8 Å². The standard InChI is InChI=1S/C36H54BN3O11/c1-22-12-13-26(41)31-27(49-36(6,7)50-31)11-9-10-24-18-25(19-28(47-21-45-8)30(24)32(42)48-23(22)2)46-17-16-39(33(37)43)20-29-38-14-15-40(29)34(44)51-35(3,4)5/h14,18-19,22-23,26-27,29,31,41H,9-13,15-17,20-21H2,1-8H3/t22-,23?,26?,27?,29?,31?/m1/s1. The van der Waals surface area contributed by atoms with Gasteiger partial charge >= 0.3 is 12.1 Å². The highest BCUT2D eigenvalue weighted by atomic mass is 16.8. The molecule has 0 aromatic heterocycles. The molecule has 0 aliphatic carbocycles. The van der Waals surface area contributed by atoms with Gasteiger partial charge in [0, 0.05) is 19.4 Å². The number of carbonyl (C=O) groups excluding carboxylic acids is 3. The van der Waals surface area contributed by atoms with Gasteiger partial charge in [0.2, 0.25) is 7.85 Å². The molecule has 6 atom stereocenters. The molecule has 1 fully saturated rings. The Bertz CT molecular complexity index is 1400. The van der Waals surface area contributed by atoms with Crippen LogP contribution >= 0.6 is 0 Å². The van der Waals surface area contributed by atoms with E-state index in [4.69, 9.17) is 41.0 Å². The highest BCUT2D eigenvalue weighted by Gasteiger charge is 2.44. The highest BCUT2D eigenvalue weighted by molar-refractivity contribution is 6.56. The van der Waals surface area contributed by atoms with Gasteiger partial charge in [0.15, 0.2) is 18.4 Å². The number of rotatable bonds is 9. The van der Waals surface area contributed by atoms with Crippen LogP contribution < -0.4 is 9.47 Å². The smallest absolute Gasteiger partial charge is 0.412 e. The first kappa shape index (κ1) is 40.4. The number of methoxy groups -OCH3 is 1. The van der Waals surface area contributed by atoms with Crippen molar-refractivity contribution in [1.82, 2.24) is 9.80 Å². The molecule has 2 radical (unpaired) electrons. The lowest BCUT2D eigenvalue weighted by Crippen LogP contribution is -2.47. The fourth-order valence-electron chi connectivity index (χ4n) is 6.36. The van der Waals surface area contributed by atoms with Crippen molar-refractivity contribution in [3.05, 3.63) is 23.3 Å². The van der Waals surface area contributed by atoms with Gasteiger partial charge in [-0.3, -0.25) is 14.7 Å². The minimum Gasteiger partial charge on any atom is -0.492 e. The van der Waals surface area contributed by atoms with Crippen LogP contribution in [0.25, 0.3) is 0 Å². The number of ether oxygens (including phenoxy) is 7. The minimum atomic E-state index is -0.834. The summed E-state index contributed by atoms with van der Waals surface area (Å²) in [5.41, 5.74) is 0.219. The number of aryl methyl sites for hydroxylation is 1. The van der Waals surface area contributed by atoms with Gasteiger partial charge < -0.3 is 43.2 Å². The second-order valence-electron chi connectivity index (χ2n) is 14.8. The molecule has 282 valence electrons. The van der Waals surface area contributed by atoms with E-state index in [0.717, 1.165) is 0 Å². The van der Waals surface area contributed by atoms with E-state index < -0.39 is 53.7 Å². The summed E-state index contributed by atoms with van der Waals surface area (Å²) >= 11 is 0. The van der Waals surface area contributed by atoms with E-state index in [1.165, 1.54) is 16.9 Å². The number of aliphatic imine (C=N–C) groups is 1. The number of benzene rings is 1. The van der Waals surface area contributed by atoms with E-state index in [0.29, 0.717) is 43.4 Å². The van der Waals surface area contributed by atoms with Crippen molar-refractivity contribution >= 4 is 31.9 Å². The number of hydrogen-bond acceptors (Lipinski definition) is 12. The van der Waals surface area contributed by atoms with Gasteiger partial charge in [-0.2, -0.15) is 0 Å². The summed E-state index contributed by atoms with van der Waals surface area (Å²) in [5.74, 6) is -1.49. The molecule has 1 aromatic rings. The average molecular weight is 716 g/mol. The van der Waals surface area contributed by atoms with E-state index >= 15 is 0 Å². The lowest BCUT2D eigenvalue weighted by Gasteiger charge is -2.31. The van der Waals surface area contributed by atoms with Crippen molar-refractivity contribution in [3.8, 4) is 11.5 Å². The maximum atomic E-state index is 13.8. The Balaban J connectivity index is 1.54. The van der Waals surface area contributed by atoms with Crippen LogP contribution in [0.4, 0.5) is 9.59 Å². The molecule has 51 heavy (non-hydrogen) atoms. The number of carbonyl (C=O) groups is 3. The van der Waals surface area contributed by atoms with Gasteiger partial charge in [0.25, 0.3) is 0 Å². The Morgan fingerprint density at radius 3 is 2.57 bits per heavy atom. The van der Waals surface area contributed by atoms with Crippen LogP contribution in [-0.4, -0.2) is 129 Å². The molecule has 0 spiro atoms. The van der Waals surface area contributed by atoms with Crippen LogP contribution in [0.1, 0.15) is 90.1 Å². The molecule has 3 aliphatic heterocycles. The van der Waals surface area contributed by atoms with Crippen LogP contribution in [0.2, 0.25) is 0 Å². The number of amides is 2. The number of fused-ring (bicyclic) bond motifs is 2. The van der Waals surface area contributed by atoms with E-state index in [1.807, 2.05) is 27.7 Å². The first-order chi connectivity index (χ1) is 24.0. The Labute approximate surface area is 302 Å². The van der Waals surface area contributed by atoms with Gasteiger partial charge in [-0.15, -0.1) is 0 Å². The normalized spacial score (nSPS) is 26.8. The Kier molecular flexibility index (Phi) is 13.8. The van der Waals surface area contributed by atoms with Gasteiger partial charge in [-0.25, -0.2) is 9.59 Å². The van der Waals surface area contributed by atoms with Gasteiger partial charge in [-0.05, 0) is 91.2 Å². The molecule has 5 unspecified atom stereocenters.